The predicted molar refractivity (Wildman–Crippen MR) is 107 cm³/mol. The number of hydrogen-bond acceptors (Lipinski definition) is 4. The number of ether oxygens (including phenoxy) is 1. The van der Waals surface area contributed by atoms with Crippen LogP contribution in [0.25, 0.3) is 0 Å². The first-order valence-electron chi connectivity index (χ1n) is 8.85. The van der Waals surface area contributed by atoms with E-state index in [-0.39, 0.29) is 22.9 Å². The topological polar surface area (TPSA) is 84.5 Å². The fraction of sp³-hybridized carbons (Fsp3) is 0.0952. The van der Waals surface area contributed by atoms with Crippen LogP contribution in [0.4, 0.5) is 14.5 Å². The largest absolute Gasteiger partial charge is 0.484 e. The maximum Gasteiger partial charge on any atom is 0.262 e. The smallest absolute Gasteiger partial charge is 0.262 e. The molecule has 156 valence electrons. The summed E-state index contributed by atoms with van der Waals surface area (Å²) < 4.78 is 59.2. The predicted octanol–water partition coefficient (Wildman–Crippen LogP) is 3.46. The molecule has 3 rings (SSSR count). The number of benzene rings is 3. The molecule has 0 saturated heterocycles. The van der Waals surface area contributed by atoms with Gasteiger partial charge < -0.3 is 10.1 Å². The average Bonchev–Trinajstić information content (AvgIpc) is 2.74. The molecule has 3 aromatic rings. The van der Waals surface area contributed by atoms with Crippen molar-refractivity contribution in [2.45, 2.75) is 11.4 Å². The molecule has 6 nitrogen and oxygen atoms in total. The van der Waals surface area contributed by atoms with E-state index < -0.39 is 34.2 Å². The van der Waals surface area contributed by atoms with Gasteiger partial charge >= 0.3 is 0 Å². The van der Waals surface area contributed by atoms with Crippen LogP contribution in [-0.4, -0.2) is 20.9 Å². The highest BCUT2D eigenvalue weighted by Crippen LogP contribution is 2.18. The average molecular weight is 432 g/mol. The number of anilines is 1. The lowest BCUT2D eigenvalue weighted by molar-refractivity contribution is -0.118. The molecule has 0 aromatic heterocycles. The maximum absolute atomic E-state index is 13.5. The summed E-state index contributed by atoms with van der Waals surface area (Å²) in [5.74, 6) is -1.92. The molecular formula is C21H18F2N2O4S. The highest BCUT2D eigenvalue weighted by molar-refractivity contribution is 7.89. The van der Waals surface area contributed by atoms with Crippen molar-refractivity contribution in [2.75, 3.05) is 11.9 Å². The maximum atomic E-state index is 13.5. The van der Waals surface area contributed by atoms with Crippen molar-refractivity contribution in [3.8, 4) is 5.75 Å². The second kappa shape index (κ2) is 9.47. The Morgan fingerprint density at radius 2 is 1.63 bits per heavy atom. The minimum Gasteiger partial charge on any atom is -0.484 e. The molecule has 3 aromatic carbocycles. The van der Waals surface area contributed by atoms with Gasteiger partial charge in [-0.15, -0.1) is 0 Å². The van der Waals surface area contributed by atoms with Gasteiger partial charge in [-0.05, 0) is 42.0 Å². The molecule has 2 N–H and O–H groups in total. The molecule has 30 heavy (non-hydrogen) atoms. The number of halogens is 2. The van der Waals surface area contributed by atoms with Crippen LogP contribution >= 0.6 is 0 Å². The fourth-order valence-electron chi connectivity index (χ4n) is 2.50. The van der Waals surface area contributed by atoms with Crippen molar-refractivity contribution in [2.24, 2.45) is 0 Å². The summed E-state index contributed by atoms with van der Waals surface area (Å²) in [6.07, 6.45) is 0. The van der Waals surface area contributed by atoms with Crippen LogP contribution < -0.4 is 14.8 Å². The summed E-state index contributed by atoms with van der Waals surface area (Å²) in [6.45, 7) is -0.313. The Bertz CT molecular complexity index is 1120. The van der Waals surface area contributed by atoms with Crippen LogP contribution in [0.15, 0.2) is 77.7 Å². The molecule has 0 aliphatic heterocycles. The van der Waals surface area contributed by atoms with E-state index in [1.165, 1.54) is 24.3 Å². The Hall–Kier alpha value is -3.30. The molecule has 0 bridgehead atoms. The van der Waals surface area contributed by atoms with Crippen LogP contribution in [-0.2, 0) is 21.4 Å². The first kappa shape index (κ1) is 21.4. The molecule has 0 heterocycles. The van der Waals surface area contributed by atoms with Gasteiger partial charge in [0.05, 0.1) is 10.6 Å². The molecule has 0 radical (unpaired) electrons. The molecule has 0 fully saturated rings. The Kier molecular flexibility index (Phi) is 6.76. The molecule has 0 saturated carbocycles. The third-order valence-corrected chi connectivity index (χ3v) is 5.43. The van der Waals surface area contributed by atoms with Gasteiger partial charge in [-0.25, -0.2) is 21.9 Å². The van der Waals surface area contributed by atoms with Gasteiger partial charge in [0.15, 0.2) is 6.61 Å². The Morgan fingerprint density at radius 3 is 2.33 bits per heavy atom. The molecule has 0 unspecified atom stereocenters. The second-order valence-corrected chi connectivity index (χ2v) is 8.01. The summed E-state index contributed by atoms with van der Waals surface area (Å²) in [5.41, 5.74) is 0.524. The lowest BCUT2D eigenvalue weighted by atomic mass is 10.2. The zero-order valence-electron chi connectivity index (χ0n) is 15.6. The first-order chi connectivity index (χ1) is 14.3. The van der Waals surface area contributed by atoms with Crippen molar-refractivity contribution in [1.29, 1.82) is 0 Å². The molecule has 1 amide bonds. The second-order valence-electron chi connectivity index (χ2n) is 6.24. The normalized spacial score (nSPS) is 11.1. The van der Waals surface area contributed by atoms with Crippen LogP contribution in [0.3, 0.4) is 0 Å². The summed E-state index contributed by atoms with van der Waals surface area (Å²) >= 11 is 0. The quantitative estimate of drug-likeness (QED) is 0.571. The summed E-state index contributed by atoms with van der Waals surface area (Å²) in [5, 5.41) is 2.20. The zero-order chi connectivity index (χ0) is 21.6. The monoisotopic (exact) mass is 432 g/mol. The number of amides is 1. The number of sulfonamides is 1. The molecule has 0 aliphatic rings. The van der Waals surface area contributed by atoms with Gasteiger partial charge in [-0.3, -0.25) is 4.79 Å². The van der Waals surface area contributed by atoms with Crippen LogP contribution in [0.2, 0.25) is 0 Å². The SMILES string of the molecule is O=C(COc1ccc(S(=O)(=O)NCc2ccccc2)cc1)Nc1cc(F)ccc1F. The third-order valence-electron chi connectivity index (χ3n) is 4.02. The van der Waals surface area contributed by atoms with Crippen LogP contribution in [0.1, 0.15) is 5.56 Å². The van der Waals surface area contributed by atoms with Gasteiger partial charge in [0.1, 0.15) is 17.4 Å². The van der Waals surface area contributed by atoms with Crippen molar-refractivity contribution >= 4 is 21.6 Å². The van der Waals surface area contributed by atoms with Crippen molar-refractivity contribution < 1.29 is 26.7 Å². The summed E-state index contributed by atoms with van der Waals surface area (Å²) in [4.78, 5) is 11.9. The minimum absolute atomic E-state index is 0.0389. The standard InChI is InChI=1S/C21H18F2N2O4S/c22-16-6-11-19(23)20(12-16)25-21(26)14-29-17-7-9-18(10-8-17)30(27,28)24-13-15-4-2-1-3-5-15/h1-12,24H,13-14H2,(H,25,26). The van der Waals surface area contributed by atoms with Crippen LogP contribution in [0, 0.1) is 11.6 Å². The highest BCUT2D eigenvalue weighted by atomic mass is 32.2. The van der Waals surface area contributed by atoms with E-state index in [0.717, 1.165) is 23.8 Å². The number of carbonyl (C=O) groups is 1. The molecule has 0 aliphatic carbocycles. The van der Waals surface area contributed by atoms with E-state index in [0.29, 0.717) is 0 Å². The third kappa shape index (κ3) is 5.85. The van der Waals surface area contributed by atoms with E-state index in [1.54, 1.807) is 12.1 Å². The van der Waals surface area contributed by atoms with Gasteiger partial charge in [0.2, 0.25) is 10.0 Å². The van der Waals surface area contributed by atoms with E-state index in [1.807, 2.05) is 18.2 Å². The number of rotatable bonds is 8. The number of carbonyl (C=O) groups excluding carboxylic acids is 1. The molecule has 0 spiro atoms. The minimum atomic E-state index is -3.72. The van der Waals surface area contributed by atoms with Gasteiger partial charge in [0, 0.05) is 12.6 Å². The van der Waals surface area contributed by atoms with Gasteiger partial charge in [-0.2, -0.15) is 0 Å². The summed E-state index contributed by atoms with van der Waals surface area (Å²) in [6, 6.07) is 17.2. The first-order valence-corrected chi connectivity index (χ1v) is 10.3. The van der Waals surface area contributed by atoms with Gasteiger partial charge in [0.25, 0.3) is 5.91 Å². The summed E-state index contributed by atoms with van der Waals surface area (Å²) in [7, 11) is -3.72. The van der Waals surface area contributed by atoms with Crippen molar-refractivity contribution in [3.63, 3.8) is 0 Å². The Labute approximate surface area is 172 Å². The lowest BCUT2D eigenvalue weighted by Gasteiger charge is -2.10. The number of hydrogen-bond donors (Lipinski definition) is 2. The van der Waals surface area contributed by atoms with E-state index in [9.17, 15) is 22.0 Å². The number of nitrogens with one attached hydrogen (secondary N) is 2. The zero-order valence-corrected chi connectivity index (χ0v) is 16.5. The van der Waals surface area contributed by atoms with E-state index in [4.69, 9.17) is 4.74 Å². The fourth-order valence-corrected chi connectivity index (χ4v) is 3.52. The van der Waals surface area contributed by atoms with E-state index >= 15 is 0 Å². The highest BCUT2D eigenvalue weighted by Gasteiger charge is 2.14. The van der Waals surface area contributed by atoms with Crippen molar-refractivity contribution in [1.82, 2.24) is 4.72 Å². The Morgan fingerprint density at radius 1 is 0.933 bits per heavy atom. The van der Waals surface area contributed by atoms with Crippen molar-refractivity contribution in [3.05, 3.63) is 90.0 Å². The van der Waals surface area contributed by atoms with E-state index in [2.05, 4.69) is 10.0 Å². The van der Waals surface area contributed by atoms with Crippen LogP contribution in [0.5, 0.6) is 5.75 Å². The molecular weight excluding hydrogens is 414 g/mol. The molecule has 0 atom stereocenters. The molecule has 9 heteroatoms. The lowest BCUT2D eigenvalue weighted by Crippen LogP contribution is -2.23. The Balaban J connectivity index is 1.55. The van der Waals surface area contributed by atoms with Gasteiger partial charge in [-0.1, -0.05) is 30.3 Å².